The quantitative estimate of drug-likeness (QED) is 0.512. The number of carboxylic acids is 1. The normalized spacial score (nSPS) is 11.2. The molecule has 0 atom stereocenters. The number of aliphatic carboxylic acids is 1. The molecule has 0 aliphatic rings. The molecular formula is C18H12N2O3S2. The molecule has 0 amide bonds. The van der Waals surface area contributed by atoms with Gasteiger partial charge in [-0.3, -0.25) is 0 Å². The van der Waals surface area contributed by atoms with E-state index in [0.717, 1.165) is 20.1 Å². The van der Waals surface area contributed by atoms with Crippen LogP contribution in [0.5, 0.6) is 5.75 Å². The smallest absolute Gasteiger partial charge is 0.341 e. The molecule has 7 heteroatoms. The van der Waals surface area contributed by atoms with Crippen molar-refractivity contribution in [1.29, 1.82) is 5.26 Å². The Bertz CT molecular complexity index is 939. The second-order valence-electron chi connectivity index (χ2n) is 4.92. The largest absolute Gasteiger partial charge is 0.482 e. The minimum absolute atomic E-state index is 0.383. The van der Waals surface area contributed by atoms with E-state index in [-0.39, 0.29) is 6.61 Å². The third kappa shape index (κ3) is 4.59. The molecule has 124 valence electrons. The summed E-state index contributed by atoms with van der Waals surface area (Å²) < 4.78 is 6.98. The molecule has 1 heterocycles. The maximum atomic E-state index is 10.5. The Balaban J connectivity index is 1.73. The lowest BCUT2D eigenvalue weighted by molar-refractivity contribution is -0.139. The SMILES string of the molecule is N#CC(=Cc1ccc(OCC(=O)O)cc1)Sc1nc2ccccc2s1. The van der Waals surface area contributed by atoms with Crippen LogP contribution in [0.3, 0.4) is 0 Å². The van der Waals surface area contributed by atoms with Crippen LogP contribution in [0.1, 0.15) is 5.56 Å². The second kappa shape index (κ2) is 7.83. The second-order valence-corrected chi connectivity index (χ2v) is 7.24. The van der Waals surface area contributed by atoms with Crippen LogP contribution >= 0.6 is 23.1 Å². The number of carboxylic acid groups (broad SMARTS) is 1. The number of thioether (sulfide) groups is 1. The summed E-state index contributed by atoms with van der Waals surface area (Å²) in [7, 11) is 0. The van der Waals surface area contributed by atoms with Crippen molar-refractivity contribution < 1.29 is 14.6 Å². The first kappa shape index (κ1) is 17.0. The molecule has 25 heavy (non-hydrogen) atoms. The molecule has 3 rings (SSSR count). The average Bonchev–Trinajstić information content (AvgIpc) is 3.02. The Hall–Kier alpha value is -2.82. The Morgan fingerprint density at radius 2 is 2.04 bits per heavy atom. The number of thiazole rings is 1. The number of ether oxygens (including phenoxy) is 1. The van der Waals surface area contributed by atoms with Gasteiger partial charge in [-0.1, -0.05) is 24.3 Å². The highest BCUT2D eigenvalue weighted by Gasteiger charge is 2.07. The van der Waals surface area contributed by atoms with Crippen LogP contribution in [-0.2, 0) is 4.79 Å². The zero-order chi connectivity index (χ0) is 17.6. The first-order valence-corrected chi connectivity index (χ1v) is 8.87. The van der Waals surface area contributed by atoms with Crippen LogP contribution in [0.15, 0.2) is 57.8 Å². The number of carbonyl (C=O) groups is 1. The van der Waals surface area contributed by atoms with E-state index in [4.69, 9.17) is 9.84 Å². The fraction of sp³-hybridized carbons (Fsp3) is 0.0556. The summed E-state index contributed by atoms with van der Waals surface area (Å²) in [6.07, 6.45) is 1.76. The van der Waals surface area contributed by atoms with Crippen molar-refractivity contribution in [3.05, 3.63) is 59.0 Å². The lowest BCUT2D eigenvalue weighted by Gasteiger charge is -2.03. The van der Waals surface area contributed by atoms with Gasteiger partial charge in [-0.25, -0.2) is 9.78 Å². The van der Waals surface area contributed by atoms with E-state index in [9.17, 15) is 10.1 Å². The number of allylic oxidation sites excluding steroid dienone is 1. The first-order chi connectivity index (χ1) is 12.1. The Morgan fingerprint density at radius 1 is 1.28 bits per heavy atom. The predicted molar refractivity (Wildman–Crippen MR) is 98.6 cm³/mol. The highest BCUT2D eigenvalue weighted by Crippen LogP contribution is 2.34. The van der Waals surface area contributed by atoms with Crippen molar-refractivity contribution >= 4 is 45.4 Å². The van der Waals surface area contributed by atoms with Crippen LogP contribution in [0.2, 0.25) is 0 Å². The van der Waals surface area contributed by atoms with Gasteiger partial charge in [-0.2, -0.15) is 5.26 Å². The van der Waals surface area contributed by atoms with Crippen LogP contribution in [-0.4, -0.2) is 22.7 Å². The number of benzene rings is 2. The summed E-state index contributed by atoms with van der Waals surface area (Å²) in [6, 6.07) is 16.9. The lowest BCUT2D eigenvalue weighted by Crippen LogP contribution is -2.09. The molecule has 0 bridgehead atoms. The van der Waals surface area contributed by atoms with Crippen LogP contribution in [0, 0.1) is 11.3 Å². The number of aromatic nitrogens is 1. The molecule has 0 aliphatic carbocycles. The van der Waals surface area contributed by atoms with Crippen molar-refractivity contribution in [3.63, 3.8) is 0 Å². The van der Waals surface area contributed by atoms with Crippen molar-refractivity contribution in [3.8, 4) is 11.8 Å². The lowest BCUT2D eigenvalue weighted by atomic mass is 10.2. The van der Waals surface area contributed by atoms with E-state index in [0.29, 0.717) is 10.7 Å². The monoisotopic (exact) mass is 368 g/mol. The molecule has 3 aromatic rings. The zero-order valence-electron chi connectivity index (χ0n) is 12.9. The minimum Gasteiger partial charge on any atom is -0.482 e. The summed E-state index contributed by atoms with van der Waals surface area (Å²) >= 11 is 2.87. The molecule has 0 saturated heterocycles. The van der Waals surface area contributed by atoms with E-state index in [1.54, 1.807) is 41.7 Å². The fourth-order valence-corrected chi connectivity index (χ4v) is 4.01. The molecule has 5 nitrogen and oxygen atoms in total. The number of fused-ring (bicyclic) bond motifs is 1. The van der Waals surface area contributed by atoms with E-state index in [1.165, 1.54) is 11.8 Å². The van der Waals surface area contributed by atoms with E-state index >= 15 is 0 Å². The van der Waals surface area contributed by atoms with Gasteiger partial charge in [0.15, 0.2) is 10.9 Å². The highest BCUT2D eigenvalue weighted by atomic mass is 32.2. The van der Waals surface area contributed by atoms with Crippen LogP contribution in [0.25, 0.3) is 16.3 Å². The van der Waals surface area contributed by atoms with Crippen molar-refractivity contribution in [2.24, 2.45) is 0 Å². The number of hydrogen-bond acceptors (Lipinski definition) is 6. The van der Waals surface area contributed by atoms with Gasteiger partial charge in [-0.05, 0) is 47.7 Å². The minimum atomic E-state index is -1.03. The van der Waals surface area contributed by atoms with Crippen molar-refractivity contribution in [2.75, 3.05) is 6.61 Å². The predicted octanol–water partition coefficient (Wildman–Crippen LogP) is 4.42. The van der Waals surface area contributed by atoms with Crippen LogP contribution < -0.4 is 4.74 Å². The number of nitriles is 1. The standard InChI is InChI=1S/C18H12N2O3S2/c19-10-14(24-18-20-15-3-1-2-4-16(15)25-18)9-12-5-7-13(8-6-12)23-11-17(21)22/h1-9H,11H2,(H,21,22). The number of hydrogen-bond donors (Lipinski definition) is 1. The van der Waals surface area contributed by atoms with Gasteiger partial charge in [0, 0.05) is 0 Å². The molecule has 0 saturated carbocycles. The van der Waals surface area contributed by atoms with Gasteiger partial charge < -0.3 is 9.84 Å². The maximum Gasteiger partial charge on any atom is 0.341 e. The van der Waals surface area contributed by atoms with Crippen LogP contribution in [0.4, 0.5) is 0 Å². The Kier molecular flexibility index (Phi) is 5.33. The molecule has 1 N–H and O–H groups in total. The number of nitrogens with zero attached hydrogens (tertiary/aromatic N) is 2. The van der Waals surface area contributed by atoms with Crippen molar-refractivity contribution in [2.45, 2.75) is 4.34 Å². The third-order valence-electron chi connectivity index (χ3n) is 3.12. The molecule has 0 spiro atoms. The summed E-state index contributed by atoms with van der Waals surface area (Å²) in [5, 5.41) is 18.0. The van der Waals surface area contributed by atoms with E-state index in [2.05, 4.69) is 11.1 Å². The molecule has 2 aromatic carbocycles. The molecule has 1 aromatic heterocycles. The average molecular weight is 368 g/mol. The summed E-state index contributed by atoms with van der Waals surface area (Å²) in [5.74, 6) is -0.556. The number of rotatable bonds is 6. The highest BCUT2D eigenvalue weighted by molar-refractivity contribution is 8.05. The zero-order valence-corrected chi connectivity index (χ0v) is 14.5. The maximum absolute atomic E-state index is 10.5. The summed E-state index contributed by atoms with van der Waals surface area (Å²) in [4.78, 5) is 15.5. The molecule has 0 unspecified atom stereocenters. The summed E-state index contributed by atoms with van der Waals surface area (Å²) in [6.45, 7) is -0.383. The molecule has 0 radical (unpaired) electrons. The van der Waals surface area contributed by atoms with Gasteiger partial charge in [-0.15, -0.1) is 11.3 Å². The Morgan fingerprint density at radius 3 is 2.72 bits per heavy atom. The van der Waals surface area contributed by atoms with Crippen molar-refractivity contribution in [1.82, 2.24) is 4.98 Å². The third-order valence-corrected chi connectivity index (χ3v) is 5.15. The van der Waals surface area contributed by atoms with Gasteiger partial charge in [0.1, 0.15) is 11.8 Å². The molecule has 0 aliphatic heterocycles. The topological polar surface area (TPSA) is 83.2 Å². The van der Waals surface area contributed by atoms with Gasteiger partial charge in [0.2, 0.25) is 0 Å². The fourth-order valence-electron chi connectivity index (χ4n) is 2.03. The van der Waals surface area contributed by atoms with Gasteiger partial charge in [0.25, 0.3) is 0 Å². The molecular weight excluding hydrogens is 356 g/mol. The van der Waals surface area contributed by atoms with E-state index < -0.39 is 5.97 Å². The Labute approximate surface area is 152 Å². The molecule has 0 fully saturated rings. The summed E-state index contributed by atoms with van der Waals surface area (Å²) in [5.41, 5.74) is 1.75. The van der Waals surface area contributed by atoms with E-state index in [1.807, 2.05) is 24.3 Å². The van der Waals surface area contributed by atoms with Gasteiger partial charge >= 0.3 is 5.97 Å². The first-order valence-electron chi connectivity index (χ1n) is 7.24. The van der Waals surface area contributed by atoms with Gasteiger partial charge in [0.05, 0.1) is 15.1 Å². The number of para-hydroxylation sites is 1.